The average molecular weight is 326 g/mol. The highest BCUT2D eigenvalue weighted by Gasteiger charge is 2.29. The van der Waals surface area contributed by atoms with E-state index in [1.54, 1.807) is 29.0 Å². The number of rotatable bonds is 8. The van der Waals surface area contributed by atoms with Gasteiger partial charge >= 0.3 is 0 Å². The molecule has 20 heavy (non-hydrogen) atoms. The lowest BCUT2D eigenvalue weighted by Crippen LogP contribution is -2.40. The van der Waals surface area contributed by atoms with Gasteiger partial charge in [0.2, 0.25) is 10.0 Å². The smallest absolute Gasteiger partial charge is 0.283 e. The minimum absolute atomic E-state index is 0.189. The Morgan fingerprint density at radius 2 is 2.00 bits per heavy atom. The highest BCUT2D eigenvalue weighted by molar-refractivity contribution is 8.00. The summed E-state index contributed by atoms with van der Waals surface area (Å²) in [4.78, 5) is 0.739. The Balaban J connectivity index is 2.43. The molecule has 0 aromatic heterocycles. The first-order valence-corrected chi connectivity index (χ1v) is 8.33. The molecule has 1 rings (SSSR count). The molecule has 0 fully saturated rings. The highest BCUT2D eigenvalue weighted by Crippen LogP contribution is 2.24. The number of alkyl halides is 2. The fourth-order valence-corrected chi connectivity index (χ4v) is 3.63. The first-order valence-electron chi connectivity index (χ1n) is 5.69. The standard InChI is InChI=1S/C11H16F2N2O3S2/c12-11(13,8-16)7-15-20(17,18)6-5-19-10-4-2-1-3-9(10)14/h1-4,15-16H,5-8,14H2. The Hall–Kier alpha value is -0.900. The van der Waals surface area contributed by atoms with Crippen molar-refractivity contribution in [3.05, 3.63) is 24.3 Å². The molecular formula is C11H16F2N2O3S2. The summed E-state index contributed by atoms with van der Waals surface area (Å²) in [5, 5.41) is 8.34. The molecule has 114 valence electrons. The molecule has 0 radical (unpaired) electrons. The Morgan fingerprint density at radius 3 is 2.60 bits per heavy atom. The Morgan fingerprint density at radius 1 is 1.35 bits per heavy atom. The largest absolute Gasteiger partial charge is 0.398 e. The van der Waals surface area contributed by atoms with Crippen molar-refractivity contribution in [3.8, 4) is 0 Å². The van der Waals surface area contributed by atoms with Crippen LogP contribution in [0.4, 0.5) is 14.5 Å². The van der Waals surface area contributed by atoms with Gasteiger partial charge in [0.15, 0.2) is 0 Å². The van der Waals surface area contributed by atoms with Crippen molar-refractivity contribution in [2.24, 2.45) is 0 Å². The zero-order valence-corrected chi connectivity index (χ0v) is 12.2. The van der Waals surface area contributed by atoms with Gasteiger partial charge in [0, 0.05) is 16.3 Å². The van der Waals surface area contributed by atoms with Crippen LogP contribution in [-0.2, 0) is 10.0 Å². The zero-order chi connectivity index (χ0) is 15.2. The van der Waals surface area contributed by atoms with E-state index in [9.17, 15) is 17.2 Å². The molecule has 1 aromatic carbocycles. The van der Waals surface area contributed by atoms with Crippen LogP contribution in [0.2, 0.25) is 0 Å². The van der Waals surface area contributed by atoms with Crippen molar-refractivity contribution in [1.29, 1.82) is 0 Å². The molecule has 0 bridgehead atoms. The van der Waals surface area contributed by atoms with Crippen LogP contribution in [0.1, 0.15) is 0 Å². The van der Waals surface area contributed by atoms with E-state index >= 15 is 0 Å². The quantitative estimate of drug-likeness (QED) is 0.488. The number of nitrogens with one attached hydrogen (secondary N) is 1. The van der Waals surface area contributed by atoms with Gasteiger partial charge in [-0.15, -0.1) is 11.8 Å². The van der Waals surface area contributed by atoms with Gasteiger partial charge in [-0.05, 0) is 12.1 Å². The van der Waals surface area contributed by atoms with Gasteiger partial charge in [-0.25, -0.2) is 21.9 Å². The van der Waals surface area contributed by atoms with E-state index in [1.807, 2.05) is 0 Å². The molecule has 0 unspecified atom stereocenters. The van der Waals surface area contributed by atoms with E-state index in [0.29, 0.717) is 5.69 Å². The zero-order valence-electron chi connectivity index (χ0n) is 10.6. The number of benzene rings is 1. The fraction of sp³-hybridized carbons (Fsp3) is 0.455. The molecule has 0 aliphatic carbocycles. The number of thioether (sulfide) groups is 1. The summed E-state index contributed by atoms with van der Waals surface area (Å²) in [5.74, 6) is -3.58. The van der Waals surface area contributed by atoms with E-state index in [1.165, 1.54) is 11.8 Å². The van der Waals surface area contributed by atoms with E-state index in [0.717, 1.165) is 4.90 Å². The molecule has 0 saturated carbocycles. The molecule has 0 amide bonds. The lowest BCUT2D eigenvalue weighted by atomic mass is 10.3. The lowest BCUT2D eigenvalue weighted by Gasteiger charge is -2.14. The van der Waals surface area contributed by atoms with Crippen LogP contribution in [0.5, 0.6) is 0 Å². The number of hydrogen-bond acceptors (Lipinski definition) is 5. The molecule has 4 N–H and O–H groups in total. The van der Waals surface area contributed by atoms with Crippen molar-refractivity contribution < 1.29 is 22.3 Å². The molecular weight excluding hydrogens is 310 g/mol. The van der Waals surface area contributed by atoms with Gasteiger partial charge in [0.25, 0.3) is 5.92 Å². The molecule has 0 saturated heterocycles. The van der Waals surface area contributed by atoms with Crippen molar-refractivity contribution in [1.82, 2.24) is 4.72 Å². The first kappa shape index (κ1) is 17.2. The van der Waals surface area contributed by atoms with Crippen LogP contribution in [-0.4, -0.2) is 44.1 Å². The third-order valence-corrected chi connectivity index (χ3v) is 4.99. The van der Waals surface area contributed by atoms with Gasteiger partial charge < -0.3 is 10.8 Å². The van der Waals surface area contributed by atoms with Crippen molar-refractivity contribution in [2.45, 2.75) is 10.8 Å². The Kier molecular flexibility index (Phi) is 6.18. The number of para-hydroxylation sites is 1. The van der Waals surface area contributed by atoms with Crippen molar-refractivity contribution in [3.63, 3.8) is 0 Å². The second-order valence-electron chi connectivity index (χ2n) is 4.04. The monoisotopic (exact) mass is 326 g/mol. The maximum Gasteiger partial charge on any atom is 0.283 e. The minimum atomic E-state index is -3.81. The van der Waals surface area contributed by atoms with Crippen LogP contribution in [0.15, 0.2) is 29.2 Å². The minimum Gasteiger partial charge on any atom is -0.398 e. The number of halogens is 2. The maximum atomic E-state index is 12.7. The van der Waals surface area contributed by atoms with Gasteiger partial charge in [-0.2, -0.15) is 0 Å². The first-order chi connectivity index (χ1) is 9.26. The third-order valence-electron chi connectivity index (χ3n) is 2.31. The van der Waals surface area contributed by atoms with Crippen LogP contribution < -0.4 is 10.5 Å². The van der Waals surface area contributed by atoms with E-state index in [-0.39, 0.29) is 11.5 Å². The second kappa shape index (κ2) is 7.21. The van der Waals surface area contributed by atoms with Crippen LogP contribution in [0.25, 0.3) is 0 Å². The van der Waals surface area contributed by atoms with E-state index in [2.05, 4.69) is 0 Å². The fourth-order valence-electron chi connectivity index (χ4n) is 1.22. The summed E-state index contributed by atoms with van der Waals surface area (Å²) >= 11 is 1.23. The molecule has 9 heteroatoms. The summed E-state index contributed by atoms with van der Waals surface area (Å²) < 4.78 is 50.2. The SMILES string of the molecule is Nc1ccccc1SCCS(=O)(=O)NCC(F)(F)CO. The number of nitrogens with two attached hydrogens (primary N) is 1. The van der Waals surface area contributed by atoms with Gasteiger partial charge in [0.05, 0.1) is 12.3 Å². The maximum absolute atomic E-state index is 12.7. The molecule has 1 aromatic rings. The molecule has 0 heterocycles. The second-order valence-corrected chi connectivity index (χ2v) is 7.10. The van der Waals surface area contributed by atoms with Crippen LogP contribution >= 0.6 is 11.8 Å². The van der Waals surface area contributed by atoms with E-state index < -0.39 is 29.1 Å². The van der Waals surface area contributed by atoms with Crippen LogP contribution in [0, 0.1) is 0 Å². The average Bonchev–Trinajstić information content (AvgIpc) is 2.39. The van der Waals surface area contributed by atoms with Crippen molar-refractivity contribution >= 4 is 27.5 Å². The number of nitrogen functional groups attached to an aromatic ring is 1. The van der Waals surface area contributed by atoms with Gasteiger partial charge in [-0.1, -0.05) is 12.1 Å². The number of aliphatic hydroxyl groups is 1. The topological polar surface area (TPSA) is 92.4 Å². The lowest BCUT2D eigenvalue weighted by molar-refractivity contribution is -0.0437. The predicted octanol–water partition coefficient (Wildman–Crippen LogP) is 0.908. The van der Waals surface area contributed by atoms with Gasteiger partial charge in [-0.3, -0.25) is 0 Å². The normalized spacial score (nSPS) is 12.6. The van der Waals surface area contributed by atoms with Crippen LogP contribution in [0.3, 0.4) is 0 Å². The van der Waals surface area contributed by atoms with E-state index in [4.69, 9.17) is 10.8 Å². The number of sulfonamides is 1. The predicted molar refractivity (Wildman–Crippen MR) is 75.4 cm³/mol. The summed E-state index contributed by atoms with van der Waals surface area (Å²) in [6, 6.07) is 6.97. The third kappa shape index (κ3) is 6.04. The molecule has 0 atom stereocenters. The number of aliphatic hydroxyl groups excluding tert-OH is 1. The highest BCUT2D eigenvalue weighted by atomic mass is 32.2. The molecule has 0 aliphatic heterocycles. The number of hydrogen-bond donors (Lipinski definition) is 3. The Bertz CT molecular complexity index is 538. The summed E-state index contributed by atoms with van der Waals surface area (Å²) in [5.41, 5.74) is 6.23. The summed E-state index contributed by atoms with van der Waals surface area (Å²) in [6.45, 7) is -2.51. The van der Waals surface area contributed by atoms with Crippen molar-refractivity contribution in [2.75, 3.05) is 30.4 Å². The molecule has 5 nitrogen and oxygen atoms in total. The summed E-state index contributed by atoms with van der Waals surface area (Å²) in [7, 11) is -3.81. The summed E-state index contributed by atoms with van der Waals surface area (Å²) in [6.07, 6.45) is 0. The molecule has 0 spiro atoms. The van der Waals surface area contributed by atoms with Gasteiger partial charge in [0.1, 0.15) is 6.61 Å². The Labute approximate surface area is 120 Å². The molecule has 0 aliphatic rings. The number of anilines is 1.